The summed E-state index contributed by atoms with van der Waals surface area (Å²) in [7, 11) is -1.78. The number of carbonyl (C=O) groups is 4. The molecule has 0 unspecified atom stereocenters. The molecular weight excluding hydrogens is 567 g/mol. The molecule has 242 valence electrons. The van der Waals surface area contributed by atoms with E-state index in [0.717, 1.165) is 43.2 Å². The third-order valence-electron chi connectivity index (χ3n) is 8.56. The highest BCUT2D eigenvalue weighted by Gasteiger charge is 2.46. The molecule has 1 saturated heterocycles. The van der Waals surface area contributed by atoms with Crippen molar-refractivity contribution in [3.63, 3.8) is 0 Å². The second kappa shape index (κ2) is 14.6. The first-order valence-electron chi connectivity index (χ1n) is 15.8. The maximum absolute atomic E-state index is 14.3. The first-order valence-corrected chi connectivity index (χ1v) is 15.8. The second-order valence-electron chi connectivity index (χ2n) is 13.2. The monoisotopic (exact) mass is 614 g/mol. The molecule has 4 amide bonds. The summed E-state index contributed by atoms with van der Waals surface area (Å²) in [5.41, 5.74) is 1.31. The third-order valence-corrected chi connectivity index (χ3v) is 8.56. The fourth-order valence-corrected chi connectivity index (χ4v) is 6.40. The average Bonchev–Trinajstić information content (AvgIpc) is 3.59. The highest BCUT2D eigenvalue weighted by atomic mass is 16.6. The molecule has 1 aliphatic carbocycles. The molecule has 0 spiro atoms. The predicted molar refractivity (Wildman–Crippen MR) is 163 cm³/mol. The Morgan fingerprint density at radius 2 is 1.66 bits per heavy atom. The van der Waals surface area contributed by atoms with E-state index in [1.54, 1.807) is 25.7 Å². The van der Waals surface area contributed by atoms with Crippen LogP contribution in [0.2, 0.25) is 0 Å². The number of ether oxygens (including phenoxy) is 2. The molecule has 2 aliphatic heterocycles. The molecule has 12 nitrogen and oxygen atoms in total. The zero-order chi connectivity index (χ0) is 32.0. The number of nitrogens with one attached hydrogen (secondary N) is 2. The fourth-order valence-electron chi connectivity index (χ4n) is 6.40. The van der Waals surface area contributed by atoms with Gasteiger partial charge >= 0.3 is 19.3 Å². The molecule has 1 aromatic rings. The highest BCUT2D eigenvalue weighted by Crippen LogP contribution is 2.31. The molecule has 4 atom stereocenters. The van der Waals surface area contributed by atoms with Gasteiger partial charge in [0.2, 0.25) is 11.8 Å². The maximum atomic E-state index is 14.3. The minimum atomic E-state index is -1.78. The van der Waals surface area contributed by atoms with Crippen molar-refractivity contribution in [2.45, 2.75) is 122 Å². The number of hydrogen-bond donors (Lipinski definition) is 4. The molecule has 4 N–H and O–H groups in total. The fraction of sp³-hybridized carbons (Fsp3) is 0.677. The van der Waals surface area contributed by atoms with Crippen LogP contribution in [-0.4, -0.2) is 87.2 Å². The van der Waals surface area contributed by atoms with Crippen LogP contribution in [0.5, 0.6) is 0 Å². The first-order chi connectivity index (χ1) is 20.9. The number of hydrogen-bond acceptors (Lipinski definition) is 8. The smallest absolute Gasteiger partial charge is 0.444 e. The number of rotatable bonds is 9. The zero-order valence-electron chi connectivity index (χ0n) is 26.3. The number of likely N-dealkylation sites (tertiary alicyclic amines) is 1. The number of fused-ring (bicyclic) bond motifs is 1. The number of alkyl carbamates (subject to hydrolysis) is 1. The number of carbonyl (C=O) groups excluding carboxylic acids is 4. The second-order valence-corrected chi connectivity index (χ2v) is 13.2. The van der Waals surface area contributed by atoms with Crippen molar-refractivity contribution in [2.24, 2.45) is 5.92 Å². The van der Waals surface area contributed by atoms with Crippen LogP contribution in [0.4, 0.5) is 9.59 Å². The number of benzene rings is 1. The van der Waals surface area contributed by atoms with E-state index < -0.39 is 60.8 Å². The summed E-state index contributed by atoms with van der Waals surface area (Å²) < 4.78 is 11.3. The molecular formula is C31H47BN4O8. The zero-order valence-corrected chi connectivity index (χ0v) is 26.3. The highest BCUT2D eigenvalue weighted by molar-refractivity contribution is 6.43. The van der Waals surface area contributed by atoms with Crippen molar-refractivity contribution in [3.8, 4) is 0 Å². The van der Waals surface area contributed by atoms with Gasteiger partial charge in [0.15, 0.2) is 0 Å². The van der Waals surface area contributed by atoms with E-state index in [1.807, 2.05) is 31.2 Å². The van der Waals surface area contributed by atoms with Crippen molar-refractivity contribution >= 4 is 31.1 Å². The van der Waals surface area contributed by atoms with E-state index in [1.165, 1.54) is 4.90 Å². The minimum Gasteiger partial charge on any atom is -0.444 e. The Kier molecular flexibility index (Phi) is 11.2. The van der Waals surface area contributed by atoms with Gasteiger partial charge in [0.1, 0.15) is 23.8 Å². The first kappa shape index (κ1) is 33.6. The summed E-state index contributed by atoms with van der Waals surface area (Å²) in [6.07, 6.45) is 3.27. The van der Waals surface area contributed by atoms with Crippen LogP contribution < -0.4 is 10.6 Å². The Balaban J connectivity index is 1.54. The molecule has 2 heterocycles. The van der Waals surface area contributed by atoms with Crippen LogP contribution in [0.25, 0.3) is 0 Å². The molecule has 0 radical (unpaired) electrons. The average molecular weight is 615 g/mol. The normalized spacial score (nSPS) is 21.7. The van der Waals surface area contributed by atoms with Crippen LogP contribution in [0.15, 0.2) is 24.3 Å². The summed E-state index contributed by atoms with van der Waals surface area (Å²) in [4.78, 5) is 56.9. The van der Waals surface area contributed by atoms with Gasteiger partial charge in [-0.2, -0.15) is 0 Å². The third kappa shape index (κ3) is 8.65. The summed E-state index contributed by atoms with van der Waals surface area (Å²) in [5.74, 6) is -2.10. The van der Waals surface area contributed by atoms with E-state index in [2.05, 4.69) is 10.6 Å². The van der Waals surface area contributed by atoms with Crippen molar-refractivity contribution in [2.75, 3.05) is 6.54 Å². The maximum Gasteiger partial charge on any atom is 0.475 e. The molecule has 0 bridgehead atoms. The lowest BCUT2D eigenvalue weighted by atomic mass is 9.76. The lowest BCUT2D eigenvalue weighted by molar-refractivity contribution is -0.141. The topological polar surface area (TPSA) is 158 Å². The summed E-state index contributed by atoms with van der Waals surface area (Å²) in [6, 6.07) is 5.79. The van der Waals surface area contributed by atoms with Crippen LogP contribution in [0.3, 0.4) is 0 Å². The molecule has 2 fully saturated rings. The summed E-state index contributed by atoms with van der Waals surface area (Å²) >= 11 is 0. The molecule has 3 aliphatic rings. The van der Waals surface area contributed by atoms with E-state index in [0.29, 0.717) is 25.9 Å². The lowest BCUT2D eigenvalue weighted by Gasteiger charge is -2.35. The van der Waals surface area contributed by atoms with E-state index in [-0.39, 0.29) is 18.9 Å². The Morgan fingerprint density at radius 3 is 2.23 bits per heavy atom. The van der Waals surface area contributed by atoms with E-state index in [4.69, 9.17) is 9.47 Å². The summed E-state index contributed by atoms with van der Waals surface area (Å²) in [6.45, 7) is 7.86. The van der Waals surface area contributed by atoms with Gasteiger partial charge in [-0.1, -0.05) is 56.9 Å². The summed E-state index contributed by atoms with van der Waals surface area (Å²) in [5, 5.41) is 25.2. The Labute approximate surface area is 260 Å². The van der Waals surface area contributed by atoms with Gasteiger partial charge in [-0.05, 0) is 57.1 Å². The van der Waals surface area contributed by atoms with Crippen LogP contribution in [-0.2, 0) is 32.2 Å². The van der Waals surface area contributed by atoms with Gasteiger partial charge in [0, 0.05) is 19.5 Å². The van der Waals surface area contributed by atoms with Crippen LogP contribution >= 0.6 is 0 Å². The van der Waals surface area contributed by atoms with Gasteiger partial charge < -0.3 is 35.1 Å². The van der Waals surface area contributed by atoms with E-state index >= 15 is 0 Å². The standard InChI is InChI=1S/C31H47BN4O8/c1-5-11-25(32(41)42)33-27(37)24-16-23(43-30(40)35-17-21-14-9-10-15-22(21)18-35)19-36(24)28(38)26(20-12-7-6-8-13-20)34-29(39)44-31(2,3)4/h9-10,14-15,20,23-26,41-42H,5-8,11-13,16-19H2,1-4H3,(H,33,37)(H,34,39)/t23-,24+,25+,26+/m1/s1. The van der Waals surface area contributed by atoms with Crippen LogP contribution in [0, 0.1) is 5.92 Å². The number of amides is 4. The lowest BCUT2D eigenvalue weighted by Crippen LogP contribution is -2.58. The van der Waals surface area contributed by atoms with Crippen molar-refractivity contribution in [1.29, 1.82) is 0 Å². The largest absolute Gasteiger partial charge is 0.475 e. The van der Waals surface area contributed by atoms with Crippen molar-refractivity contribution < 1.29 is 38.7 Å². The Bertz CT molecular complexity index is 1160. The molecule has 1 aromatic carbocycles. The SMILES string of the molecule is CCC[C@H](NC(=O)[C@@H]1C[C@@H](OC(=O)N2Cc3ccccc3C2)CN1C(=O)[C@@H](NC(=O)OC(C)(C)C)C1CCCCC1)B(O)O. The van der Waals surface area contributed by atoms with E-state index in [9.17, 15) is 29.2 Å². The van der Waals surface area contributed by atoms with Gasteiger partial charge in [0.05, 0.1) is 12.5 Å². The van der Waals surface area contributed by atoms with Gasteiger partial charge in [-0.15, -0.1) is 0 Å². The van der Waals surface area contributed by atoms with Crippen molar-refractivity contribution in [1.82, 2.24) is 20.4 Å². The molecule has 13 heteroatoms. The number of nitrogens with zero attached hydrogens (tertiary/aromatic N) is 2. The quantitative estimate of drug-likeness (QED) is 0.309. The van der Waals surface area contributed by atoms with Gasteiger partial charge in [-0.3, -0.25) is 14.5 Å². The minimum absolute atomic E-state index is 0.0360. The molecule has 1 saturated carbocycles. The molecule has 0 aromatic heterocycles. The predicted octanol–water partition coefficient (Wildman–Crippen LogP) is 2.88. The molecule has 44 heavy (non-hydrogen) atoms. The van der Waals surface area contributed by atoms with Crippen LogP contribution in [0.1, 0.15) is 90.2 Å². The molecule has 4 rings (SSSR count). The van der Waals surface area contributed by atoms with Gasteiger partial charge in [-0.25, -0.2) is 9.59 Å². The Hall–Kier alpha value is -3.32. The van der Waals surface area contributed by atoms with Gasteiger partial charge in [0.25, 0.3) is 0 Å². The Morgan fingerprint density at radius 1 is 1.02 bits per heavy atom. The van der Waals surface area contributed by atoms with Crippen molar-refractivity contribution in [3.05, 3.63) is 35.4 Å².